The maximum absolute atomic E-state index is 12.3. The van der Waals surface area contributed by atoms with Gasteiger partial charge in [0.15, 0.2) is 5.69 Å². The molecule has 3 rings (SSSR count). The van der Waals surface area contributed by atoms with Gasteiger partial charge in [-0.1, -0.05) is 41.9 Å². The van der Waals surface area contributed by atoms with Crippen molar-refractivity contribution in [3.05, 3.63) is 82.5 Å². The molecular formula is C20H19ClN4O. The molecule has 26 heavy (non-hydrogen) atoms. The Labute approximate surface area is 157 Å². The molecule has 3 aromatic rings. The number of benzene rings is 2. The van der Waals surface area contributed by atoms with Crippen LogP contribution in [0.25, 0.3) is 0 Å². The molecule has 0 unspecified atom stereocenters. The number of hydrogen-bond acceptors (Lipinski definition) is 4. The van der Waals surface area contributed by atoms with Gasteiger partial charge in [0.05, 0.1) is 0 Å². The molecule has 1 aromatic heterocycles. The van der Waals surface area contributed by atoms with Gasteiger partial charge < -0.3 is 10.6 Å². The van der Waals surface area contributed by atoms with Crippen molar-refractivity contribution < 1.29 is 4.79 Å². The first-order valence-electron chi connectivity index (χ1n) is 8.31. The second kappa shape index (κ2) is 8.45. The number of para-hydroxylation sites is 1. The molecule has 5 nitrogen and oxygen atoms in total. The fourth-order valence-electron chi connectivity index (χ4n) is 2.47. The zero-order chi connectivity index (χ0) is 18.4. The van der Waals surface area contributed by atoms with E-state index in [0.29, 0.717) is 12.4 Å². The summed E-state index contributed by atoms with van der Waals surface area (Å²) in [6.07, 6.45) is 0.817. The van der Waals surface area contributed by atoms with Crippen molar-refractivity contribution in [2.75, 3.05) is 17.2 Å². The molecule has 0 fully saturated rings. The number of hydrogen-bond donors (Lipinski definition) is 2. The van der Waals surface area contributed by atoms with Crippen molar-refractivity contribution in [3.8, 4) is 0 Å². The highest BCUT2D eigenvalue weighted by Gasteiger charge is 2.09. The fourth-order valence-corrected chi connectivity index (χ4v) is 2.69. The van der Waals surface area contributed by atoms with Gasteiger partial charge in [-0.3, -0.25) is 4.79 Å². The maximum atomic E-state index is 12.3. The van der Waals surface area contributed by atoms with Crippen LogP contribution in [-0.4, -0.2) is 22.6 Å². The third-order valence-electron chi connectivity index (χ3n) is 3.90. The lowest BCUT2D eigenvalue weighted by Gasteiger charge is -2.08. The molecule has 0 saturated heterocycles. The molecule has 132 valence electrons. The lowest BCUT2D eigenvalue weighted by molar-refractivity contribution is 0.102. The third-order valence-corrected chi connectivity index (χ3v) is 4.13. The zero-order valence-electron chi connectivity index (χ0n) is 14.4. The minimum atomic E-state index is -0.280. The number of nitrogens with zero attached hydrogens (tertiary/aromatic N) is 2. The summed E-state index contributed by atoms with van der Waals surface area (Å²) in [5.41, 5.74) is 3.18. The largest absolute Gasteiger partial charge is 0.368 e. The summed E-state index contributed by atoms with van der Waals surface area (Å²) in [4.78, 5) is 12.3. The number of aryl methyl sites for hydroxylation is 1. The van der Waals surface area contributed by atoms with Crippen molar-refractivity contribution in [3.63, 3.8) is 0 Å². The number of carbonyl (C=O) groups is 1. The first-order chi connectivity index (χ1) is 12.6. The molecule has 0 saturated carbocycles. The third kappa shape index (κ3) is 4.80. The Balaban J connectivity index is 1.54. The van der Waals surface area contributed by atoms with E-state index in [1.54, 1.807) is 12.1 Å². The zero-order valence-corrected chi connectivity index (χ0v) is 15.1. The van der Waals surface area contributed by atoms with E-state index in [2.05, 4.69) is 20.8 Å². The molecule has 2 aromatic carbocycles. The SMILES string of the molecule is Cc1ccccc1NC(=O)c1ccc(NCCc2cccc(Cl)c2)nn1. The number of halogens is 1. The van der Waals surface area contributed by atoms with Gasteiger partial charge >= 0.3 is 0 Å². The average Bonchev–Trinajstić information content (AvgIpc) is 2.64. The first kappa shape index (κ1) is 17.9. The van der Waals surface area contributed by atoms with Gasteiger partial charge in [-0.2, -0.15) is 0 Å². The molecule has 0 atom stereocenters. The van der Waals surface area contributed by atoms with Crippen LogP contribution in [-0.2, 0) is 6.42 Å². The molecule has 2 N–H and O–H groups in total. The van der Waals surface area contributed by atoms with Gasteiger partial charge in [-0.15, -0.1) is 10.2 Å². The van der Waals surface area contributed by atoms with E-state index in [1.165, 1.54) is 0 Å². The van der Waals surface area contributed by atoms with Gasteiger partial charge in [0.1, 0.15) is 5.82 Å². The van der Waals surface area contributed by atoms with Crippen LogP contribution in [0.5, 0.6) is 0 Å². The highest BCUT2D eigenvalue weighted by Crippen LogP contribution is 2.14. The Hall–Kier alpha value is -2.92. The molecule has 0 aliphatic carbocycles. The second-order valence-corrected chi connectivity index (χ2v) is 6.32. The molecule has 0 radical (unpaired) electrons. The number of rotatable bonds is 6. The molecule has 0 spiro atoms. The van der Waals surface area contributed by atoms with Gasteiger partial charge in [-0.05, 0) is 54.8 Å². The van der Waals surface area contributed by atoms with E-state index in [-0.39, 0.29) is 11.6 Å². The summed E-state index contributed by atoms with van der Waals surface area (Å²) in [6, 6.07) is 18.7. The van der Waals surface area contributed by atoms with E-state index < -0.39 is 0 Å². The molecular weight excluding hydrogens is 348 g/mol. The van der Waals surface area contributed by atoms with Crippen LogP contribution in [0.15, 0.2) is 60.7 Å². The highest BCUT2D eigenvalue weighted by molar-refractivity contribution is 6.30. The molecule has 1 heterocycles. The summed E-state index contributed by atoms with van der Waals surface area (Å²) < 4.78 is 0. The smallest absolute Gasteiger partial charge is 0.276 e. The van der Waals surface area contributed by atoms with Gasteiger partial charge in [0, 0.05) is 17.3 Å². The van der Waals surface area contributed by atoms with Crippen molar-refractivity contribution in [1.29, 1.82) is 0 Å². The number of aromatic nitrogens is 2. The molecule has 6 heteroatoms. The predicted molar refractivity (Wildman–Crippen MR) is 105 cm³/mol. The minimum Gasteiger partial charge on any atom is -0.368 e. The Morgan fingerprint density at radius 2 is 1.88 bits per heavy atom. The van der Waals surface area contributed by atoms with Crippen LogP contribution in [0, 0.1) is 6.92 Å². The quantitative estimate of drug-likeness (QED) is 0.680. The van der Waals surface area contributed by atoms with E-state index >= 15 is 0 Å². The summed E-state index contributed by atoms with van der Waals surface area (Å²) in [5, 5.41) is 14.8. The fraction of sp³-hybridized carbons (Fsp3) is 0.150. The Morgan fingerprint density at radius 3 is 2.62 bits per heavy atom. The standard InChI is InChI=1S/C20H19ClN4O/c1-14-5-2-3-8-17(14)23-20(26)18-9-10-19(25-24-18)22-12-11-15-6-4-7-16(21)13-15/h2-10,13H,11-12H2,1H3,(H,22,25)(H,23,26). The number of nitrogens with one attached hydrogen (secondary N) is 2. The molecule has 1 amide bonds. The van der Waals surface area contributed by atoms with E-state index in [9.17, 15) is 4.79 Å². The Bertz CT molecular complexity index is 896. The molecule has 0 bridgehead atoms. The lowest BCUT2D eigenvalue weighted by atomic mass is 10.1. The number of amides is 1. The normalized spacial score (nSPS) is 10.4. The lowest BCUT2D eigenvalue weighted by Crippen LogP contribution is -2.15. The van der Waals surface area contributed by atoms with Crippen LogP contribution in [0.3, 0.4) is 0 Å². The molecule has 0 aliphatic rings. The van der Waals surface area contributed by atoms with Crippen molar-refractivity contribution in [2.45, 2.75) is 13.3 Å². The van der Waals surface area contributed by atoms with Crippen molar-refractivity contribution in [2.24, 2.45) is 0 Å². The van der Waals surface area contributed by atoms with E-state index in [4.69, 9.17) is 11.6 Å². The van der Waals surface area contributed by atoms with Gasteiger partial charge in [0.2, 0.25) is 0 Å². The molecule has 0 aliphatic heterocycles. The number of carbonyl (C=O) groups excluding carboxylic acids is 1. The average molecular weight is 367 g/mol. The number of anilines is 2. The van der Waals surface area contributed by atoms with E-state index in [1.807, 2.05) is 55.5 Å². The topological polar surface area (TPSA) is 66.9 Å². The first-order valence-corrected chi connectivity index (χ1v) is 8.68. The maximum Gasteiger partial charge on any atom is 0.276 e. The predicted octanol–water partition coefficient (Wildman–Crippen LogP) is 4.35. The monoisotopic (exact) mass is 366 g/mol. The summed E-state index contributed by atoms with van der Waals surface area (Å²) in [5.74, 6) is 0.344. The second-order valence-electron chi connectivity index (χ2n) is 5.88. The van der Waals surface area contributed by atoms with Crippen LogP contribution < -0.4 is 10.6 Å². The Kier molecular flexibility index (Phi) is 5.81. The Morgan fingerprint density at radius 1 is 1.04 bits per heavy atom. The van der Waals surface area contributed by atoms with Crippen molar-refractivity contribution >= 4 is 29.0 Å². The summed E-state index contributed by atoms with van der Waals surface area (Å²) >= 11 is 5.97. The highest BCUT2D eigenvalue weighted by atomic mass is 35.5. The van der Waals surface area contributed by atoms with Crippen molar-refractivity contribution in [1.82, 2.24) is 10.2 Å². The van der Waals surface area contributed by atoms with E-state index in [0.717, 1.165) is 28.3 Å². The van der Waals surface area contributed by atoms with Crippen LogP contribution in [0.2, 0.25) is 5.02 Å². The summed E-state index contributed by atoms with van der Waals surface area (Å²) in [7, 11) is 0. The van der Waals surface area contributed by atoms with Crippen LogP contribution >= 0.6 is 11.6 Å². The summed E-state index contributed by atoms with van der Waals surface area (Å²) in [6.45, 7) is 2.64. The minimum absolute atomic E-state index is 0.272. The van der Waals surface area contributed by atoms with Gasteiger partial charge in [0.25, 0.3) is 5.91 Å². The van der Waals surface area contributed by atoms with Crippen LogP contribution in [0.1, 0.15) is 21.6 Å². The van der Waals surface area contributed by atoms with Gasteiger partial charge in [-0.25, -0.2) is 0 Å². The van der Waals surface area contributed by atoms with Crippen LogP contribution in [0.4, 0.5) is 11.5 Å².